The van der Waals surface area contributed by atoms with Crippen molar-refractivity contribution < 1.29 is 132 Å². The molecular formula is C83H112Cl2N11O27P. The molecule has 124 heavy (non-hydrogen) atoms. The molecule has 0 radical (unpaired) electrons. The highest BCUT2D eigenvalue weighted by Gasteiger charge is 2.51. The highest BCUT2D eigenvalue weighted by molar-refractivity contribution is 7.51. The number of aromatic hydroxyl groups is 3. The van der Waals surface area contributed by atoms with Crippen molar-refractivity contribution >= 4 is 78.1 Å². The Kier molecular flexibility index (Phi) is 34.1. The lowest BCUT2D eigenvalue weighted by Crippen LogP contribution is -2.65. The number of aliphatic hydroxyl groups excluding tert-OH is 6. The Bertz CT molecular complexity index is 4700. The Balaban J connectivity index is 1.14. The van der Waals surface area contributed by atoms with Gasteiger partial charge in [0.1, 0.15) is 94.9 Å². The lowest BCUT2D eigenvalue weighted by molar-refractivity contribution is -0.350. The van der Waals surface area contributed by atoms with Crippen LogP contribution in [0.15, 0.2) is 72.8 Å². The molecule has 18 atom stereocenters. The molecule has 0 aliphatic carbocycles. The van der Waals surface area contributed by atoms with E-state index in [0.29, 0.717) is 13.1 Å². The minimum absolute atomic E-state index is 0.0204. The van der Waals surface area contributed by atoms with Crippen molar-refractivity contribution in [1.29, 1.82) is 0 Å². The van der Waals surface area contributed by atoms with Crippen LogP contribution in [0.4, 0.5) is 0 Å². The van der Waals surface area contributed by atoms with Crippen LogP contribution >= 0.6 is 30.8 Å². The Labute approximate surface area is 724 Å². The number of aliphatic hydroxyl groups is 6. The van der Waals surface area contributed by atoms with E-state index in [1.54, 1.807) is 13.8 Å². The molecule has 7 amide bonds. The second-order valence-corrected chi connectivity index (χ2v) is 34.9. The number of carbonyl (C=O) groups excluding carboxylic acids is 7. The van der Waals surface area contributed by atoms with Gasteiger partial charge in [0.15, 0.2) is 18.6 Å². The normalized spacial score (nSPS) is 26.6. The van der Waals surface area contributed by atoms with Crippen LogP contribution in [0.3, 0.4) is 0 Å². The molecule has 2 fully saturated rings. The molecule has 7 heterocycles. The number of carboxylic acid groups (broad SMARTS) is 1. The molecule has 38 nitrogen and oxygen atoms in total. The minimum atomic E-state index is -4.84. The first kappa shape index (κ1) is 97.2. The van der Waals surface area contributed by atoms with Crippen LogP contribution in [-0.4, -0.2) is 227 Å². The number of fused-ring (bicyclic) bond motifs is 17. The van der Waals surface area contributed by atoms with Gasteiger partial charge in [-0.25, -0.2) is 4.79 Å². The summed E-state index contributed by atoms with van der Waals surface area (Å²) in [6.45, 7) is 8.45. The number of carboxylic acids is 1. The predicted molar refractivity (Wildman–Crippen MR) is 446 cm³/mol. The number of hydrogen-bond acceptors (Lipinski definition) is 28. The number of carbonyl (C=O) groups is 8. The van der Waals surface area contributed by atoms with E-state index in [-0.39, 0.29) is 57.0 Å². The molecule has 41 heteroatoms. The highest BCUT2D eigenvalue weighted by Crippen LogP contribution is 2.49. The number of halogens is 2. The molecule has 12 rings (SSSR count). The fourth-order valence-electron chi connectivity index (χ4n) is 15.7. The molecule has 2 saturated heterocycles. The summed E-state index contributed by atoms with van der Waals surface area (Å²) in [5.74, 6) is -15.0. The summed E-state index contributed by atoms with van der Waals surface area (Å²) >= 11 is 14.3. The van der Waals surface area contributed by atoms with Gasteiger partial charge in [-0.2, -0.15) is 0 Å². The summed E-state index contributed by atoms with van der Waals surface area (Å²) in [7, 11) is -3.34. The van der Waals surface area contributed by atoms with E-state index in [1.807, 2.05) is 13.8 Å². The molecule has 24 N–H and O–H groups in total. The van der Waals surface area contributed by atoms with Crippen molar-refractivity contribution in [3.8, 4) is 51.4 Å². The number of nitrogens with one attached hydrogen (secondary N) is 10. The largest absolute Gasteiger partial charge is 0.507 e. The number of likely N-dealkylation sites (N-methyl/N-ethyl adjacent to an activating group) is 1. The third kappa shape index (κ3) is 24.6. The first-order valence-corrected chi connectivity index (χ1v) is 43.7. The van der Waals surface area contributed by atoms with E-state index < -0.39 is 272 Å². The summed E-state index contributed by atoms with van der Waals surface area (Å²) in [6.07, 6.45) is -10.00. The molecule has 0 spiro atoms. The molecule has 5 aromatic rings. The van der Waals surface area contributed by atoms with Crippen molar-refractivity contribution in [2.45, 2.75) is 240 Å². The molecule has 0 aromatic heterocycles. The van der Waals surface area contributed by atoms with Gasteiger partial charge in [0, 0.05) is 61.1 Å². The number of phenolic OH excluding ortho intramolecular Hbond substituents is 3. The van der Waals surface area contributed by atoms with Crippen LogP contribution in [0.2, 0.25) is 10.0 Å². The van der Waals surface area contributed by atoms with Gasteiger partial charge in [-0.1, -0.05) is 107 Å². The third-order valence-corrected chi connectivity index (χ3v) is 23.7. The summed E-state index contributed by atoms with van der Waals surface area (Å²) in [6, 6.07) is -0.303. The molecule has 0 saturated carbocycles. The van der Waals surface area contributed by atoms with E-state index in [4.69, 9.17) is 57.4 Å². The number of aliphatic carboxylic acids is 1. The maximum Gasteiger partial charge on any atom is 0.339 e. The number of nitrogens with two attached hydrogens (primary N) is 1. The van der Waals surface area contributed by atoms with E-state index in [2.05, 4.69) is 60.1 Å². The number of hydrogen-bond donors (Lipinski definition) is 23. The number of ether oxygens (including phenoxy) is 6. The molecule has 18 unspecified atom stereocenters. The molecule has 5 aromatic carbocycles. The van der Waals surface area contributed by atoms with E-state index in [9.17, 15) is 79.8 Å². The second-order valence-electron chi connectivity index (χ2n) is 32.4. The first-order valence-electron chi connectivity index (χ1n) is 41.1. The molecule has 680 valence electrons. The number of unbranched alkanes of at least 4 members (excludes halogenated alkanes) is 7. The lowest BCUT2D eigenvalue weighted by atomic mass is 9.85. The number of phenols is 3. The van der Waals surface area contributed by atoms with Gasteiger partial charge in [0.2, 0.25) is 41.4 Å². The monoisotopic (exact) mass is 1800 g/mol. The van der Waals surface area contributed by atoms with Gasteiger partial charge in [0.05, 0.1) is 77.6 Å². The smallest absolute Gasteiger partial charge is 0.339 e. The molecule has 11 bridgehead atoms. The highest BCUT2D eigenvalue weighted by atomic mass is 35.5. The summed E-state index contributed by atoms with van der Waals surface area (Å²) in [4.78, 5) is 138. The summed E-state index contributed by atoms with van der Waals surface area (Å²) < 4.78 is 51.3. The average Bonchev–Trinajstić information content (AvgIpc) is 0.819. The Hall–Kier alpha value is -8.97. The maximum atomic E-state index is 16.4. The Morgan fingerprint density at radius 1 is 0.685 bits per heavy atom. The fourth-order valence-corrected chi connectivity index (χ4v) is 16.5. The zero-order valence-corrected chi connectivity index (χ0v) is 71.6. The molecular weight excluding hydrogens is 1680 g/mol. The topological polar surface area (TPSA) is 598 Å². The lowest BCUT2D eigenvalue weighted by Gasteiger charge is -2.48. The summed E-state index contributed by atoms with van der Waals surface area (Å²) in [5.41, 5.74) is 1.09. The standard InChI is InChI=1S/C83H112Cl2N11O27P/c1-7-8-9-10-11-12-13-14-21-88-22-23-90-83(5)34-65(119-40(4)74(83)106)123-73-72(105)71(104)63(36-97)122-82(73)118-37-48-61-28-44-29-62(48)121-60-20-17-42(27-50(60)85)57(100)32-53-77(109)96-69(81(113)114)46-30-58(101)47(35-89-38-124(115,116)117)70(103)66(46)45-25-43(15-18-55(45)98)67(79(111)93-53)95-80(112)68(44)94-78(110)54(33-64(86)102)92-76(108)52(91-75(107)51(87-6)24-39(2)3)31-56(99)41-16-19-59(120-61)49(84)26-41/h15-20,25-30,39-40,51-54,56-57,63,65,67-69,71-74,82,87-90,97-101,103-106H,7-14,21-24,31-38H2,1-6H3,(H2,86,102)(H,91,107)(H,92,108)(H,93,111)(H,94,110)(H,95,112)(H,96,109)(H,113,114)(H2,115,116,117). The van der Waals surface area contributed by atoms with Crippen LogP contribution in [0.5, 0.6) is 40.2 Å². The van der Waals surface area contributed by atoms with Gasteiger partial charge in [-0.15, -0.1) is 0 Å². The van der Waals surface area contributed by atoms with Crippen molar-refractivity contribution in [3.05, 3.63) is 122 Å². The zero-order valence-electron chi connectivity index (χ0n) is 69.2. The zero-order chi connectivity index (χ0) is 90.3. The van der Waals surface area contributed by atoms with Crippen molar-refractivity contribution in [2.24, 2.45) is 11.7 Å². The number of rotatable bonds is 31. The summed E-state index contributed by atoms with van der Waals surface area (Å²) in [5, 5.41) is 144. The average molecular weight is 1800 g/mol. The fraction of sp³-hybridized carbons (Fsp3) is 0.542. The van der Waals surface area contributed by atoms with Crippen LogP contribution < -0.4 is 68.4 Å². The quantitative estimate of drug-likeness (QED) is 0.0222. The predicted octanol–water partition coefficient (Wildman–Crippen LogP) is 3.61. The minimum Gasteiger partial charge on any atom is -0.507 e. The SMILES string of the molecule is CCCCCCCCCCNCCNC1(C)CC(OC2C(OCc3c4cc5cc3Oc3ccc(cc3Cl)C(O)CC3NC(=O)C(NC(=O)C5NC(=O)C(CC(N)=O)NC(=O)C(NC(=O)C(CC(C)C)NC)CC(O)c5ccc(c(Cl)c5)O4)c4ccc(O)c(c4)-c4c(cc(O)c(CNCP(=O)(O)O)c4O)C(C(=O)O)NC3=O)OC(CO)C(O)C2O)OC(C)C1O. The Morgan fingerprint density at radius 2 is 1.30 bits per heavy atom. The third-order valence-electron chi connectivity index (χ3n) is 22.5. The van der Waals surface area contributed by atoms with Gasteiger partial charge in [0.25, 0.3) is 0 Å². The van der Waals surface area contributed by atoms with Crippen molar-refractivity contribution in [3.63, 3.8) is 0 Å². The first-order chi connectivity index (χ1) is 58.8. The number of benzene rings is 5. The van der Waals surface area contributed by atoms with Crippen LogP contribution in [0, 0.1) is 5.92 Å². The van der Waals surface area contributed by atoms with Crippen LogP contribution in [0.1, 0.15) is 187 Å². The maximum absolute atomic E-state index is 16.4. The van der Waals surface area contributed by atoms with Crippen LogP contribution in [-0.2, 0) is 75.0 Å². The van der Waals surface area contributed by atoms with Crippen molar-refractivity contribution in [1.82, 2.24) is 53.2 Å². The van der Waals surface area contributed by atoms with Gasteiger partial charge >= 0.3 is 13.6 Å². The van der Waals surface area contributed by atoms with E-state index >= 15 is 24.0 Å². The second kappa shape index (κ2) is 43.5. The molecule has 7 aliphatic rings. The number of primary amides is 1. The van der Waals surface area contributed by atoms with Gasteiger partial charge in [-0.05, 0) is 123 Å². The van der Waals surface area contributed by atoms with Crippen LogP contribution in [0.25, 0.3) is 11.1 Å². The number of amides is 7. The van der Waals surface area contributed by atoms with Gasteiger partial charge < -0.3 is 148 Å². The van der Waals surface area contributed by atoms with E-state index in [1.165, 1.54) is 75.5 Å². The van der Waals surface area contributed by atoms with Crippen molar-refractivity contribution in [2.75, 3.05) is 39.6 Å². The Morgan fingerprint density at radius 3 is 1.90 bits per heavy atom. The van der Waals surface area contributed by atoms with E-state index in [0.717, 1.165) is 62.2 Å². The molecule has 7 aliphatic heterocycles. The van der Waals surface area contributed by atoms with Gasteiger partial charge in [-0.3, -0.25) is 38.1 Å².